The van der Waals surface area contributed by atoms with Gasteiger partial charge in [-0.3, -0.25) is 0 Å². The summed E-state index contributed by atoms with van der Waals surface area (Å²) in [5.74, 6) is 2.14. The van der Waals surface area contributed by atoms with Gasteiger partial charge < -0.3 is 0 Å². The van der Waals surface area contributed by atoms with Gasteiger partial charge in [-0.2, -0.15) is 0 Å². The molecule has 0 heteroatoms. The summed E-state index contributed by atoms with van der Waals surface area (Å²) in [7, 11) is 0. The average Bonchev–Trinajstić information content (AvgIpc) is 2.89. The summed E-state index contributed by atoms with van der Waals surface area (Å²) in [5.41, 5.74) is 2.49. The third-order valence-electron chi connectivity index (χ3n) is 6.04. The molecule has 3 rings (SSSR count). The van der Waals surface area contributed by atoms with Crippen LogP contribution in [0.4, 0.5) is 0 Å². The summed E-state index contributed by atoms with van der Waals surface area (Å²) in [6.45, 7) is 9.84. The molecule has 0 radical (unpaired) electrons. The van der Waals surface area contributed by atoms with Gasteiger partial charge in [-0.1, -0.05) is 34.1 Å². The fourth-order valence-corrected chi connectivity index (χ4v) is 4.65. The Bertz CT molecular complexity index is 232. The van der Waals surface area contributed by atoms with Gasteiger partial charge in [0.1, 0.15) is 0 Å². The van der Waals surface area contributed by atoms with Crippen molar-refractivity contribution in [3.63, 3.8) is 0 Å². The fourth-order valence-electron chi connectivity index (χ4n) is 4.65. The standard InChI is InChI=1S/C11H18/c1-5-7(2)9(3)10(4)8-6-11(8,9)10/h7-8H,5-6H2,1-4H3. The normalized spacial score (nSPS) is 71.5. The van der Waals surface area contributed by atoms with Crippen LogP contribution in [0.1, 0.15) is 40.5 Å². The third kappa shape index (κ3) is 0.302. The van der Waals surface area contributed by atoms with Crippen LogP contribution >= 0.6 is 0 Å². The second kappa shape index (κ2) is 1.20. The van der Waals surface area contributed by atoms with Gasteiger partial charge in [0.05, 0.1) is 0 Å². The molecule has 0 aliphatic heterocycles. The highest BCUT2D eigenvalue weighted by Crippen LogP contribution is 3.15. The number of rotatable bonds is 2. The van der Waals surface area contributed by atoms with Gasteiger partial charge in [-0.15, -0.1) is 0 Å². The van der Waals surface area contributed by atoms with Crippen LogP contribution in [-0.4, -0.2) is 0 Å². The molecule has 0 saturated heterocycles. The summed E-state index contributed by atoms with van der Waals surface area (Å²) in [5, 5.41) is 0. The molecule has 3 aliphatic rings. The molecule has 3 saturated carbocycles. The zero-order valence-electron chi connectivity index (χ0n) is 8.07. The maximum absolute atomic E-state index is 2.53. The van der Waals surface area contributed by atoms with Gasteiger partial charge in [0.15, 0.2) is 0 Å². The minimum absolute atomic E-state index is 0.763. The van der Waals surface area contributed by atoms with E-state index >= 15 is 0 Å². The number of hydrogen-bond donors (Lipinski definition) is 0. The quantitative estimate of drug-likeness (QED) is 0.567. The first-order valence-electron chi connectivity index (χ1n) is 5.07. The molecule has 11 heavy (non-hydrogen) atoms. The predicted molar refractivity (Wildman–Crippen MR) is 46.2 cm³/mol. The second-order valence-electron chi connectivity index (χ2n) is 5.44. The predicted octanol–water partition coefficient (Wildman–Crippen LogP) is 3.08. The van der Waals surface area contributed by atoms with Crippen molar-refractivity contribution in [2.45, 2.75) is 40.5 Å². The Labute approximate surface area is 69.4 Å². The van der Waals surface area contributed by atoms with Crippen molar-refractivity contribution < 1.29 is 0 Å². The topological polar surface area (TPSA) is 0 Å². The Hall–Kier alpha value is 0. The van der Waals surface area contributed by atoms with E-state index < -0.39 is 0 Å². The van der Waals surface area contributed by atoms with Crippen molar-refractivity contribution in [3.05, 3.63) is 0 Å². The number of hydrogen-bond acceptors (Lipinski definition) is 0. The first-order chi connectivity index (χ1) is 5.07. The average molecular weight is 150 g/mol. The maximum Gasteiger partial charge on any atom is -0.0136 e. The Balaban J connectivity index is 1.90. The summed E-state index contributed by atoms with van der Waals surface area (Å²) in [6, 6.07) is 0. The Morgan fingerprint density at radius 2 is 2.00 bits per heavy atom. The van der Waals surface area contributed by atoms with E-state index in [0.29, 0.717) is 0 Å². The third-order valence-corrected chi connectivity index (χ3v) is 6.04. The van der Waals surface area contributed by atoms with Crippen LogP contribution < -0.4 is 0 Å². The molecule has 0 bridgehead atoms. The molecule has 5 unspecified atom stereocenters. The lowest BCUT2D eigenvalue weighted by Gasteiger charge is -2.26. The van der Waals surface area contributed by atoms with E-state index in [9.17, 15) is 0 Å². The maximum atomic E-state index is 2.53. The van der Waals surface area contributed by atoms with Crippen LogP contribution in [0.2, 0.25) is 0 Å². The van der Waals surface area contributed by atoms with Crippen molar-refractivity contribution >= 4 is 0 Å². The second-order valence-corrected chi connectivity index (χ2v) is 5.44. The molecule has 3 aliphatic carbocycles. The zero-order valence-corrected chi connectivity index (χ0v) is 8.07. The first-order valence-corrected chi connectivity index (χ1v) is 5.07. The summed E-state index contributed by atoms with van der Waals surface area (Å²) in [4.78, 5) is 0. The largest absolute Gasteiger partial charge is 0.0651 e. The fraction of sp³-hybridized carbons (Fsp3) is 1.00. The van der Waals surface area contributed by atoms with Gasteiger partial charge in [0, 0.05) is 0 Å². The summed E-state index contributed by atoms with van der Waals surface area (Å²) in [6.07, 6.45) is 2.95. The Morgan fingerprint density at radius 3 is 2.27 bits per heavy atom. The van der Waals surface area contributed by atoms with E-state index in [1.165, 1.54) is 12.3 Å². The van der Waals surface area contributed by atoms with E-state index in [4.69, 9.17) is 0 Å². The molecule has 0 aromatic heterocycles. The zero-order chi connectivity index (χ0) is 8.07. The van der Waals surface area contributed by atoms with Crippen LogP contribution in [0.15, 0.2) is 0 Å². The van der Waals surface area contributed by atoms with E-state index in [2.05, 4.69) is 27.7 Å². The van der Waals surface area contributed by atoms with Gasteiger partial charge in [-0.25, -0.2) is 0 Å². The van der Waals surface area contributed by atoms with E-state index in [0.717, 1.165) is 22.2 Å². The molecule has 0 amide bonds. The van der Waals surface area contributed by atoms with E-state index in [1.807, 2.05) is 0 Å². The lowest BCUT2D eigenvalue weighted by Crippen LogP contribution is -2.20. The SMILES string of the molecule is CCC(C)C1(C)C2(C)C3CC312. The van der Waals surface area contributed by atoms with Crippen LogP contribution in [0.25, 0.3) is 0 Å². The number of fused-ring (bicyclic) bond motifs is 1. The summed E-state index contributed by atoms with van der Waals surface area (Å²) >= 11 is 0. The highest BCUT2D eigenvalue weighted by atomic mass is 15.1. The van der Waals surface area contributed by atoms with Crippen LogP contribution in [0.5, 0.6) is 0 Å². The van der Waals surface area contributed by atoms with Gasteiger partial charge in [0.2, 0.25) is 0 Å². The Kier molecular flexibility index (Phi) is 0.709. The van der Waals surface area contributed by atoms with Gasteiger partial charge in [0.25, 0.3) is 0 Å². The lowest BCUT2D eigenvalue weighted by molar-refractivity contribution is 0.215. The minimum atomic E-state index is 0.763. The molecular formula is C11H18. The van der Waals surface area contributed by atoms with Crippen LogP contribution in [0, 0.1) is 28.1 Å². The van der Waals surface area contributed by atoms with Crippen LogP contribution in [-0.2, 0) is 0 Å². The van der Waals surface area contributed by atoms with Crippen molar-refractivity contribution in [1.29, 1.82) is 0 Å². The van der Waals surface area contributed by atoms with Crippen molar-refractivity contribution in [1.82, 2.24) is 0 Å². The molecule has 62 valence electrons. The van der Waals surface area contributed by atoms with Crippen LogP contribution in [0.3, 0.4) is 0 Å². The summed E-state index contributed by atoms with van der Waals surface area (Å²) < 4.78 is 0. The lowest BCUT2D eigenvalue weighted by atomic mass is 9.78. The van der Waals surface area contributed by atoms with Crippen molar-refractivity contribution in [2.24, 2.45) is 28.1 Å². The minimum Gasteiger partial charge on any atom is -0.0651 e. The molecule has 0 aromatic carbocycles. The first kappa shape index (κ1) is 6.51. The molecule has 0 nitrogen and oxygen atoms in total. The molecule has 0 aromatic rings. The molecular weight excluding hydrogens is 132 g/mol. The highest BCUT2D eigenvalue weighted by molar-refractivity contribution is 5.57. The van der Waals surface area contributed by atoms with E-state index in [-0.39, 0.29) is 0 Å². The monoisotopic (exact) mass is 150 g/mol. The molecule has 0 heterocycles. The molecule has 3 fully saturated rings. The van der Waals surface area contributed by atoms with Crippen molar-refractivity contribution in [3.8, 4) is 0 Å². The van der Waals surface area contributed by atoms with Crippen molar-refractivity contribution in [2.75, 3.05) is 0 Å². The molecule has 0 N–H and O–H groups in total. The van der Waals surface area contributed by atoms with Gasteiger partial charge >= 0.3 is 0 Å². The highest BCUT2D eigenvalue weighted by Gasteiger charge is 3.10. The van der Waals surface area contributed by atoms with Gasteiger partial charge in [-0.05, 0) is 34.5 Å². The molecule has 1 spiro atoms. The Morgan fingerprint density at radius 1 is 1.45 bits per heavy atom. The van der Waals surface area contributed by atoms with E-state index in [1.54, 1.807) is 6.42 Å². The smallest absolute Gasteiger partial charge is 0.0136 e. The molecule has 5 atom stereocenters.